The highest BCUT2D eigenvalue weighted by atomic mass is 16.1. The van der Waals surface area contributed by atoms with Crippen LogP contribution < -0.4 is 0 Å². The van der Waals surface area contributed by atoms with Crippen molar-refractivity contribution in [3.8, 4) is 0 Å². The van der Waals surface area contributed by atoms with E-state index in [0.29, 0.717) is 22.7 Å². The molecular weight excluding hydrogens is 316 g/mol. The highest BCUT2D eigenvalue weighted by molar-refractivity contribution is 5.87. The van der Waals surface area contributed by atoms with Gasteiger partial charge in [-0.1, -0.05) is 0 Å². The smallest absolute Gasteiger partial charge is 0.140 e. The fraction of sp³-hybridized carbons (Fsp3) is 0.960. The summed E-state index contributed by atoms with van der Waals surface area (Å²) in [5.41, 5.74) is 0.950. The molecule has 1 heteroatoms. The minimum absolute atomic E-state index is 0.475. The van der Waals surface area contributed by atoms with E-state index in [1.165, 1.54) is 89.9 Å². The molecule has 9 rings (SSSR count). The van der Waals surface area contributed by atoms with Crippen molar-refractivity contribution in [2.75, 3.05) is 0 Å². The highest BCUT2D eigenvalue weighted by Crippen LogP contribution is 2.68. The molecular formula is C25H36O. The lowest BCUT2D eigenvalue weighted by Gasteiger charge is -2.60. The second-order valence-corrected chi connectivity index (χ2v) is 12.6. The van der Waals surface area contributed by atoms with Gasteiger partial charge in [-0.25, -0.2) is 0 Å². The molecule has 1 nitrogen and oxygen atoms in total. The molecule has 0 aromatic heterocycles. The zero-order chi connectivity index (χ0) is 17.1. The van der Waals surface area contributed by atoms with Gasteiger partial charge in [-0.15, -0.1) is 0 Å². The van der Waals surface area contributed by atoms with Crippen molar-refractivity contribution in [1.82, 2.24) is 0 Å². The molecule has 0 radical (unpaired) electrons. The van der Waals surface area contributed by atoms with Crippen LogP contribution in [-0.4, -0.2) is 5.78 Å². The maximum atomic E-state index is 13.9. The predicted octanol–water partition coefficient (Wildman–Crippen LogP) is 6.01. The molecule has 0 aromatic rings. The number of Topliss-reactive ketones (excluding diaryl/α,β-unsaturated/α-hetero) is 1. The minimum Gasteiger partial charge on any atom is -0.299 e. The lowest BCUT2D eigenvalue weighted by atomic mass is 9.44. The van der Waals surface area contributed by atoms with Crippen LogP contribution in [0.15, 0.2) is 0 Å². The Morgan fingerprint density at radius 1 is 0.500 bits per heavy atom. The second kappa shape index (κ2) is 4.98. The van der Waals surface area contributed by atoms with Crippen LogP contribution in [0.4, 0.5) is 0 Å². The highest BCUT2D eigenvalue weighted by Gasteiger charge is 2.62. The van der Waals surface area contributed by atoms with Crippen molar-refractivity contribution in [2.45, 2.75) is 89.9 Å². The van der Waals surface area contributed by atoms with Crippen molar-refractivity contribution in [3.05, 3.63) is 0 Å². The van der Waals surface area contributed by atoms with Gasteiger partial charge in [0.25, 0.3) is 0 Å². The van der Waals surface area contributed by atoms with Gasteiger partial charge in [0.1, 0.15) is 5.78 Å². The Morgan fingerprint density at radius 3 is 1.04 bits per heavy atom. The van der Waals surface area contributed by atoms with E-state index in [1.54, 1.807) is 0 Å². The average Bonchev–Trinajstić information content (AvgIpc) is 2.95. The van der Waals surface area contributed by atoms with E-state index in [9.17, 15) is 4.79 Å². The third-order valence-electron chi connectivity index (χ3n) is 11.1. The standard InChI is InChI=1S/C25H36O/c26-23-21(24-9-15-3-16(10-24)5-17(4-15)11-24)1-2-22(23)25-12-18-6-19(13-25)8-20(7-18)14-25/h15-22H,1-14H2/t15?,16?,17?,18?,19?,20?,21-,22-,24?,25?/m0/s1. The molecule has 9 saturated carbocycles. The van der Waals surface area contributed by atoms with Crippen molar-refractivity contribution >= 4 is 5.78 Å². The van der Waals surface area contributed by atoms with Crippen LogP contribution in [0.3, 0.4) is 0 Å². The molecule has 0 spiro atoms. The summed E-state index contributed by atoms with van der Waals surface area (Å²) < 4.78 is 0. The van der Waals surface area contributed by atoms with Gasteiger partial charge < -0.3 is 0 Å². The van der Waals surface area contributed by atoms with Crippen LogP contribution in [0.2, 0.25) is 0 Å². The molecule has 9 aliphatic rings. The van der Waals surface area contributed by atoms with Gasteiger partial charge >= 0.3 is 0 Å². The summed E-state index contributed by atoms with van der Waals surface area (Å²) in [5, 5.41) is 0. The molecule has 9 fully saturated rings. The van der Waals surface area contributed by atoms with Crippen molar-refractivity contribution in [1.29, 1.82) is 0 Å². The number of rotatable bonds is 2. The molecule has 9 aliphatic carbocycles. The number of carbonyl (C=O) groups is 1. The SMILES string of the molecule is O=C1[C@@H](C23CC4CC(CC(C4)C2)C3)CC[C@@H]1C12CC3CC(CC(C3)C1)C2. The summed E-state index contributed by atoms with van der Waals surface area (Å²) in [6.07, 6.45) is 20.2. The average molecular weight is 353 g/mol. The quantitative estimate of drug-likeness (QED) is 0.594. The van der Waals surface area contributed by atoms with Gasteiger partial charge in [0.05, 0.1) is 0 Å². The van der Waals surface area contributed by atoms with Crippen LogP contribution in [0.25, 0.3) is 0 Å². The number of carbonyl (C=O) groups excluding carboxylic acids is 1. The molecule has 0 aliphatic heterocycles. The Labute approximate surface area is 159 Å². The lowest BCUT2D eigenvalue weighted by Crippen LogP contribution is -2.53. The molecule has 0 saturated heterocycles. The predicted molar refractivity (Wildman–Crippen MR) is 102 cm³/mol. The summed E-state index contributed by atoms with van der Waals surface area (Å²) in [5.74, 6) is 7.72. The van der Waals surface area contributed by atoms with Gasteiger partial charge in [-0.2, -0.15) is 0 Å². The maximum absolute atomic E-state index is 13.9. The first-order valence-electron chi connectivity index (χ1n) is 12.1. The zero-order valence-corrected chi connectivity index (χ0v) is 16.4. The summed E-state index contributed by atoms with van der Waals surface area (Å²) in [6, 6.07) is 0. The Morgan fingerprint density at radius 2 is 0.769 bits per heavy atom. The third-order valence-corrected chi connectivity index (χ3v) is 11.1. The molecule has 2 atom stereocenters. The molecule has 142 valence electrons. The van der Waals surface area contributed by atoms with E-state index in [2.05, 4.69) is 0 Å². The van der Waals surface area contributed by atoms with Crippen LogP contribution in [0, 0.1) is 58.2 Å². The first-order chi connectivity index (χ1) is 12.6. The molecule has 0 heterocycles. The van der Waals surface area contributed by atoms with Gasteiger partial charge in [-0.3, -0.25) is 4.79 Å². The summed E-state index contributed by atoms with van der Waals surface area (Å²) in [4.78, 5) is 13.9. The molecule has 0 unspecified atom stereocenters. The van der Waals surface area contributed by atoms with E-state index < -0.39 is 0 Å². The summed E-state index contributed by atoms with van der Waals surface area (Å²) >= 11 is 0. The lowest BCUT2D eigenvalue weighted by molar-refractivity contribution is -0.148. The zero-order valence-electron chi connectivity index (χ0n) is 16.4. The van der Waals surface area contributed by atoms with Gasteiger partial charge in [-0.05, 0) is 136 Å². The number of hydrogen-bond donors (Lipinski definition) is 0. The van der Waals surface area contributed by atoms with Crippen LogP contribution >= 0.6 is 0 Å². The monoisotopic (exact) mass is 352 g/mol. The topological polar surface area (TPSA) is 17.1 Å². The van der Waals surface area contributed by atoms with E-state index in [4.69, 9.17) is 0 Å². The number of ketones is 1. The Hall–Kier alpha value is -0.330. The van der Waals surface area contributed by atoms with Gasteiger partial charge in [0.15, 0.2) is 0 Å². The largest absolute Gasteiger partial charge is 0.299 e. The first-order valence-corrected chi connectivity index (χ1v) is 12.1. The first kappa shape index (κ1) is 15.6. The van der Waals surface area contributed by atoms with E-state index >= 15 is 0 Å². The number of hydrogen-bond acceptors (Lipinski definition) is 1. The summed E-state index contributed by atoms with van der Waals surface area (Å²) in [7, 11) is 0. The molecule has 26 heavy (non-hydrogen) atoms. The van der Waals surface area contributed by atoms with E-state index in [-0.39, 0.29) is 0 Å². The van der Waals surface area contributed by atoms with Crippen molar-refractivity contribution < 1.29 is 4.79 Å². The third kappa shape index (κ3) is 1.97. The molecule has 0 aromatic carbocycles. The van der Waals surface area contributed by atoms with Gasteiger partial charge in [0, 0.05) is 11.8 Å². The summed E-state index contributed by atoms with van der Waals surface area (Å²) in [6.45, 7) is 0. The van der Waals surface area contributed by atoms with Crippen LogP contribution in [0.1, 0.15) is 89.9 Å². The molecule has 8 bridgehead atoms. The fourth-order valence-electron chi connectivity index (χ4n) is 11.3. The van der Waals surface area contributed by atoms with Crippen molar-refractivity contribution in [2.24, 2.45) is 58.2 Å². The van der Waals surface area contributed by atoms with Crippen molar-refractivity contribution in [3.63, 3.8) is 0 Å². The normalized spacial score (nSPS) is 62.4. The van der Waals surface area contributed by atoms with Crippen LogP contribution in [-0.2, 0) is 4.79 Å². The molecule has 0 N–H and O–H groups in total. The second-order valence-electron chi connectivity index (χ2n) is 12.6. The van der Waals surface area contributed by atoms with Gasteiger partial charge in [0.2, 0.25) is 0 Å². The van der Waals surface area contributed by atoms with E-state index in [1.807, 2.05) is 0 Å². The Bertz CT molecular complexity index is 520. The maximum Gasteiger partial charge on any atom is 0.140 e. The minimum atomic E-state index is 0.475. The fourth-order valence-corrected chi connectivity index (χ4v) is 11.3. The van der Waals surface area contributed by atoms with E-state index in [0.717, 1.165) is 41.3 Å². The Balaban J connectivity index is 1.19. The molecule has 0 amide bonds. The Kier molecular flexibility index (Phi) is 2.98. The van der Waals surface area contributed by atoms with Crippen LogP contribution in [0.5, 0.6) is 0 Å².